The van der Waals surface area contributed by atoms with Gasteiger partial charge in [-0.25, -0.2) is 9.97 Å². The third kappa shape index (κ3) is 6.74. The molecule has 5 heterocycles. The summed E-state index contributed by atoms with van der Waals surface area (Å²) in [6.07, 6.45) is 0. The second-order valence-corrected chi connectivity index (χ2v) is 17.6. The van der Waals surface area contributed by atoms with E-state index in [0.717, 1.165) is 122 Å². The Morgan fingerprint density at radius 3 is 1.09 bits per heavy atom. The van der Waals surface area contributed by atoms with E-state index < -0.39 is 0 Å². The predicted octanol–water partition coefficient (Wildman–Crippen LogP) is 15.1. The van der Waals surface area contributed by atoms with E-state index in [2.05, 4.69) is 236 Å². The molecule has 13 rings (SSSR count). The first-order valence-corrected chi connectivity index (χ1v) is 23.0. The van der Waals surface area contributed by atoms with Crippen LogP contribution in [0.1, 0.15) is 0 Å². The summed E-state index contributed by atoms with van der Waals surface area (Å²) in [7, 11) is 0. The quantitative estimate of drug-likeness (QED) is 0.185. The summed E-state index contributed by atoms with van der Waals surface area (Å²) in [5, 5.41) is 4.50. The minimum Gasteiger partial charge on any atom is -0.354 e. The molecule has 0 unspecified atom stereocenters. The van der Waals surface area contributed by atoms with Crippen LogP contribution in [0, 0.1) is 0 Å². The van der Waals surface area contributed by atoms with Crippen molar-refractivity contribution >= 4 is 47.6 Å². The fourth-order valence-electron chi connectivity index (χ4n) is 9.61. The van der Waals surface area contributed by atoms with Gasteiger partial charge in [0.05, 0.1) is 39.3 Å². The van der Waals surface area contributed by atoms with E-state index in [4.69, 9.17) is 9.97 Å². The monoisotopic (exact) mass is 1010 g/mol. The number of hydrogen-bond donors (Lipinski definition) is 2. The molecule has 0 spiro atoms. The van der Waals surface area contributed by atoms with Crippen molar-refractivity contribution in [3.8, 4) is 78.4 Å². The van der Waals surface area contributed by atoms with Gasteiger partial charge < -0.3 is 9.97 Å². The molecule has 2 aliphatic rings. The van der Waals surface area contributed by atoms with Crippen LogP contribution in [-0.2, 0) is 19.8 Å². The summed E-state index contributed by atoms with van der Waals surface area (Å²) >= 11 is 2.27. The molecule has 0 amide bonds. The van der Waals surface area contributed by atoms with Gasteiger partial charge in [0.25, 0.3) is 0 Å². The van der Waals surface area contributed by atoms with Crippen LogP contribution >= 0.6 is 0 Å². The molecule has 0 fully saturated rings. The number of benzene rings is 8. The van der Waals surface area contributed by atoms with E-state index >= 15 is 0 Å². The first-order chi connectivity index (χ1) is 32.2. The van der Waals surface area contributed by atoms with Gasteiger partial charge in [-0.15, -0.1) is 0 Å². The number of hydrogen-bond acceptors (Lipinski definition) is 2. The molecule has 65 heavy (non-hydrogen) atoms. The van der Waals surface area contributed by atoms with Crippen molar-refractivity contribution in [3.63, 3.8) is 0 Å². The van der Waals surface area contributed by atoms with Gasteiger partial charge in [0.1, 0.15) is 0 Å². The van der Waals surface area contributed by atoms with Gasteiger partial charge in [0.2, 0.25) is 0 Å². The number of aromatic amines is 2. The Morgan fingerprint density at radius 1 is 0.308 bits per heavy atom. The maximum atomic E-state index is 5.81. The van der Waals surface area contributed by atoms with Crippen LogP contribution in [0.2, 0.25) is 0 Å². The molecule has 2 aliphatic heterocycles. The van der Waals surface area contributed by atoms with E-state index in [1.165, 1.54) is 3.95 Å². The number of nitrogens with zero attached hydrogens (tertiary/aromatic N) is 2. The van der Waals surface area contributed by atoms with Crippen molar-refractivity contribution in [2.75, 3.05) is 0 Å². The molecule has 3 aromatic heterocycles. The summed E-state index contributed by atoms with van der Waals surface area (Å²) < 4.78 is 1.29. The summed E-state index contributed by atoms with van der Waals surface area (Å²) in [5.74, 6) is 0. The van der Waals surface area contributed by atoms with Crippen LogP contribution in [0.5, 0.6) is 0 Å². The second-order valence-electron chi connectivity index (χ2n) is 16.3. The first kappa shape index (κ1) is 38.7. The Kier molecular flexibility index (Phi) is 9.73. The summed E-state index contributed by atoms with van der Waals surface area (Å²) in [5.41, 5.74) is 18.6. The maximum absolute atomic E-state index is 5.81. The number of aromatic nitrogens is 4. The van der Waals surface area contributed by atoms with E-state index in [-0.39, 0.29) is 0 Å². The Morgan fingerprint density at radius 2 is 0.646 bits per heavy atom. The van der Waals surface area contributed by atoms with Crippen LogP contribution in [0.3, 0.4) is 0 Å². The zero-order valence-electron chi connectivity index (χ0n) is 35.1. The number of nitrogens with one attached hydrogen (secondary N) is 2. The number of H-pyrrole nitrogens is 2. The predicted molar refractivity (Wildman–Crippen MR) is 267 cm³/mol. The normalized spacial score (nSPS) is 11.5. The van der Waals surface area contributed by atoms with Crippen LogP contribution in [0.4, 0.5) is 0 Å². The number of fused-ring (bicyclic) bond motifs is 20. The average molecular weight is 1010 g/mol. The zero-order valence-corrected chi connectivity index (χ0v) is 37.3. The van der Waals surface area contributed by atoms with Gasteiger partial charge >= 0.3 is 54.1 Å². The second kappa shape index (κ2) is 16.3. The zero-order chi connectivity index (χ0) is 43.3. The maximum Gasteiger partial charge on any atom is 0.0816 e. The van der Waals surface area contributed by atoms with Gasteiger partial charge in [-0.2, -0.15) is 0 Å². The van der Waals surface area contributed by atoms with Crippen molar-refractivity contribution in [3.05, 3.63) is 224 Å². The summed E-state index contributed by atoms with van der Waals surface area (Å²) in [6.45, 7) is 0. The fourth-order valence-corrected chi connectivity index (χ4v) is 10.0. The topological polar surface area (TPSA) is 57.4 Å². The molecule has 309 valence electrons. The van der Waals surface area contributed by atoms with Crippen molar-refractivity contribution in [2.24, 2.45) is 0 Å². The number of rotatable bonds is 3. The van der Waals surface area contributed by atoms with Crippen LogP contribution < -0.4 is 3.95 Å². The van der Waals surface area contributed by atoms with Crippen LogP contribution in [0.25, 0.3) is 122 Å². The molecule has 0 atom stereocenters. The average Bonchev–Trinajstić information content (AvgIpc) is 4.13. The van der Waals surface area contributed by atoms with E-state index in [0.29, 0.717) is 0 Å². The van der Waals surface area contributed by atoms with Gasteiger partial charge in [0, 0.05) is 66.0 Å². The standard InChI is InChI=1S/C54H34N4.C6H5.Pt/c1-4-18-33(19-5-1)46-49-38-26-12-10-24-36(38)44(55-49)32-45-37-25-11-13-27-39(37)50(56-45)47(34-20-6-2-7-21-34)52-41-29-15-17-31-43(41)54(58-52)48(35-22-8-3-9-23-35)53-42-30-16-14-28-40(42)51(46)57-53;1-2-4-6-5-3-1;/h1-32,55,58H;1-5H;. The molecule has 0 aliphatic carbocycles. The van der Waals surface area contributed by atoms with E-state index in [1.54, 1.807) is 0 Å². The van der Waals surface area contributed by atoms with Crippen molar-refractivity contribution in [2.45, 2.75) is 0 Å². The van der Waals surface area contributed by atoms with Gasteiger partial charge in [0.15, 0.2) is 0 Å². The Balaban J connectivity index is 0.000000583. The molecule has 5 heteroatoms. The van der Waals surface area contributed by atoms with Crippen molar-refractivity contribution in [1.29, 1.82) is 0 Å². The summed E-state index contributed by atoms with van der Waals surface area (Å²) in [6, 6.07) is 79.3. The third-order valence-corrected chi connectivity index (χ3v) is 13.2. The van der Waals surface area contributed by atoms with Gasteiger partial charge in [-0.05, 0) is 22.8 Å². The first-order valence-electron chi connectivity index (χ1n) is 21.8. The van der Waals surface area contributed by atoms with Crippen molar-refractivity contribution < 1.29 is 19.8 Å². The minimum absolute atomic E-state index is 0.915. The van der Waals surface area contributed by atoms with Crippen molar-refractivity contribution in [1.82, 2.24) is 19.9 Å². The Labute approximate surface area is 387 Å². The van der Waals surface area contributed by atoms with E-state index in [1.807, 2.05) is 18.2 Å². The molecule has 8 aromatic carbocycles. The van der Waals surface area contributed by atoms with Crippen LogP contribution in [-0.4, -0.2) is 19.9 Å². The molecule has 0 saturated heterocycles. The SMILES string of the molecule is [Pt][c]1ccccc1.c1ccc(-c2c3nc(c(-c4ccccc4)c4[nH]c(c(-c5ccccc5)c5nc(cc6[nH]c2c2ccccc62)-c2ccccc2-5)c2ccccc42)-c2ccccc2-3)cc1. The van der Waals surface area contributed by atoms with E-state index in [9.17, 15) is 0 Å². The molecular formula is C60H39N4Pt. The Hall–Kier alpha value is -7.91. The molecular weight excluding hydrogens is 972 g/mol. The van der Waals surface area contributed by atoms with Gasteiger partial charge in [-0.3, -0.25) is 0 Å². The minimum atomic E-state index is 0.915. The van der Waals surface area contributed by atoms with Crippen LogP contribution in [0.15, 0.2) is 224 Å². The molecule has 4 nitrogen and oxygen atoms in total. The Bertz CT molecular complexity index is 3730. The molecule has 0 radical (unpaired) electrons. The molecule has 11 aromatic rings. The molecule has 8 bridgehead atoms. The fraction of sp³-hybridized carbons (Fsp3) is 0. The van der Waals surface area contributed by atoms with Gasteiger partial charge in [-0.1, -0.05) is 188 Å². The largest absolute Gasteiger partial charge is 0.354 e. The smallest absolute Gasteiger partial charge is 0.0816 e. The summed E-state index contributed by atoms with van der Waals surface area (Å²) in [4.78, 5) is 19.5. The third-order valence-electron chi connectivity index (χ3n) is 12.5. The molecule has 0 saturated carbocycles. The molecule has 2 N–H and O–H groups in total.